The Bertz CT molecular complexity index is 779. The van der Waals surface area contributed by atoms with E-state index in [-0.39, 0.29) is 23.2 Å². The Morgan fingerprint density at radius 1 is 1.25 bits per heavy atom. The number of anilines is 1. The summed E-state index contributed by atoms with van der Waals surface area (Å²) in [6.45, 7) is 4.11. The van der Waals surface area contributed by atoms with E-state index >= 15 is 0 Å². The van der Waals surface area contributed by atoms with Crippen LogP contribution in [0.2, 0.25) is 0 Å². The van der Waals surface area contributed by atoms with E-state index in [4.69, 9.17) is 0 Å². The summed E-state index contributed by atoms with van der Waals surface area (Å²) in [4.78, 5) is 35.1. The molecular formula is C17H21N3O3S. The summed E-state index contributed by atoms with van der Waals surface area (Å²) < 4.78 is 1.45. The van der Waals surface area contributed by atoms with Crippen LogP contribution in [0.15, 0.2) is 34.4 Å². The van der Waals surface area contributed by atoms with E-state index in [2.05, 4.69) is 10.6 Å². The molecule has 128 valence electrons. The largest absolute Gasteiger partial charge is 0.350 e. The van der Waals surface area contributed by atoms with Crippen LogP contribution in [0.1, 0.15) is 31.0 Å². The molecule has 0 fully saturated rings. The van der Waals surface area contributed by atoms with Gasteiger partial charge in [-0.15, -0.1) is 0 Å². The number of hydrogen-bond donors (Lipinski definition) is 2. The third-order valence-corrected chi connectivity index (χ3v) is 4.34. The standard InChI is InChI=1S/C17H21N3O3S/c1-3-5-15(21)19-14-7-4-6-13(8-14)9-18-16(22)10-20-12(2)11-24-17(20)23/h4,6-8,11H,3,5,9-10H2,1-2H3,(H,18,22)(H,19,21). The fraction of sp³-hybridized carbons (Fsp3) is 0.353. The van der Waals surface area contributed by atoms with Crippen LogP contribution in [0.3, 0.4) is 0 Å². The fourth-order valence-corrected chi connectivity index (χ4v) is 2.94. The first-order chi connectivity index (χ1) is 11.5. The number of carbonyl (C=O) groups is 2. The summed E-state index contributed by atoms with van der Waals surface area (Å²) in [5, 5.41) is 7.35. The minimum atomic E-state index is -0.223. The smallest absolute Gasteiger partial charge is 0.307 e. The van der Waals surface area contributed by atoms with E-state index in [1.165, 1.54) is 4.57 Å². The lowest BCUT2D eigenvalue weighted by molar-refractivity contribution is -0.122. The molecule has 2 amide bonds. The molecule has 1 aromatic heterocycles. The van der Waals surface area contributed by atoms with E-state index in [0.29, 0.717) is 18.7 Å². The van der Waals surface area contributed by atoms with Crippen molar-refractivity contribution in [3.8, 4) is 0 Å². The fourth-order valence-electron chi connectivity index (χ4n) is 2.21. The number of nitrogens with one attached hydrogen (secondary N) is 2. The first kappa shape index (κ1) is 17.9. The average molecular weight is 347 g/mol. The molecule has 2 aromatic rings. The Hall–Kier alpha value is -2.41. The molecule has 0 saturated heterocycles. The van der Waals surface area contributed by atoms with Crippen molar-refractivity contribution in [1.82, 2.24) is 9.88 Å². The zero-order valence-corrected chi connectivity index (χ0v) is 14.6. The molecule has 6 nitrogen and oxygen atoms in total. The number of amides is 2. The molecule has 2 rings (SSSR count). The molecule has 0 aliphatic rings. The summed E-state index contributed by atoms with van der Waals surface area (Å²) in [5.74, 6) is -0.245. The second-order valence-electron chi connectivity index (χ2n) is 5.50. The summed E-state index contributed by atoms with van der Waals surface area (Å²) in [7, 11) is 0. The molecule has 0 saturated carbocycles. The van der Waals surface area contributed by atoms with Crippen molar-refractivity contribution >= 4 is 28.8 Å². The van der Waals surface area contributed by atoms with Crippen LogP contribution in [0.5, 0.6) is 0 Å². The van der Waals surface area contributed by atoms with Gasteiger partial charge in [0, 0.05) is 29.7 Å². The molecule has 0 aliphatic heterocycles. The molecule has 1 heterocycles. The monoisotopic (exact) mass is 347 g/mol. The second-order valence-corrected chi connectivity index (χ2v) is 6.33. The van der Waals surface area contributed by atoms with Crippen molar-refractivity contribution in [2.24, 2.45) is 0 Å². The lowest BCUT2D eigenvalue weighted by atomic mass is 10.2. The first-order valence-corrected chi connectivity index (χ1v) is 8.68. The minimum Gasteiger partial charge on any atom is -0.350 e. The van der Waals surface area contributed by atoms with Crippen molar-refractivity contribution in [1.29, 1.82) is 0 Å². The zero-order valence-electron chi connectivity index (χ0n) is 13.8. The number of carbonyl (C=O) groups excluding carboxylic acids is 2. The van der Waals surface area contributed by atoms with Crippen molar-refractivity contribution in [3.05, 3.63) is 50.6 Å². The number of aryl methyl sites for hydroxylation is 1. The van der Waals surface area contributed by atoms with Gasteiger partial charge in [0.05, 0.1) is 0 Å². The Morgan fingerprint density at radius 2 is 2.04 bits per heavy atom. The Kier molecular flexibility index (Phi) is 6.31. The molecule has 0 spiro atoms. The predicted molar refractivity (Wildman–Crippen MR) is 95.1 cm³/mol. The van der Waals surface area contributed by atoms with Gasteiger partial charge in [-0.05, 0) is 31.0 Å². The van der Waals surface area contributed by atoms with Crippen molar-refractivity contribution in [2.75, 3.05) is 5.32 Å². The SMILES string of the molecule is CCCC(=O)Nc1cccc(CNC(=O)Cn2c(C)csc2=O)c1. The highest BCUT2D eigenvalue weighted by Gasteiger charge is 2.08. The maximum Gasteiger partial charge on any atom is 0.307 e. The molecule has 1 aromatic carbocycles. The van der Waals surface area contributed by atoms with Gasteiger partial charge in [0.1, 0.15) is 6.54 Å². The normalized spacial score (nSPS) is 10.4. The first-order valence-electron chi connectivity index (χ1n) is 7.80. The topological polar surface area (TPSA) is 80.2 Å². The van der Waals surface area contributed by atoms with Gasteiger partial charge in [-0.3, -0.25) is 19.0 Å². The van der Waals surface area contributed by atoms with E-state index in [0.717, 1.165) is 29.0 Å². The summed E-state index contributed by atoms with van der Waals surface area (Å²) in [5.41, 5.74) is 2.37. The van der Waals surface area contributed by atoms with Crippen molar-refractivity contribution in [3.63, 3.8) is 0 Å². The van der Waals surface area contributed by atoms with Gasteiger partial charge in [0.15, 0.2) is 0 Å². The van der Waals surface area contributed by atoms with Crippen LogP contribution in [-0.4, -0.2) is 16.4 Å². The van der Waals surface area contributed by atoms with E-state index in [1.54, 1.807) is 12.3 Å². The van der Waals surface area contributed by atoms with Gasteiger partial charge in [-0.1, -0.05) is 30.4 Å². The molecule has 0 atom stereocenters. The maximum absolute atomic E-state index is 12.0. The number of aromatic nitrogens is 1. The van der Waals surface area contributed by atoms with Crippen LogP contribution < -0.4 is 15.5 Å². The average Bonchev–Trinajstić information content (AvgIpc) is 2.85. The van der Waals surface area contributed by atoms with Gasteiger partial charge in [-0.2, -0.15) is 0 Å². The highest BCUT2D eigenvalue weighted by atomic mass is 32.1. The van der Waals surface area contributed by atoms with Crippen LogP contribution in [0, 0.1) is 6.92 Å². The molecule has 0 radical (unpaired) electrons. The molecule has 7 heteroatoms. The molecule has 24 heavy (non-hydrogen) atoms. The van der Waals surface area contributed by atoms with Gasteiger partial charge >= 0.3 is 4.87 Å². The number of thiazole rings is 1. The Morgan fingerprint density at radius 3 is 2.71 bits per heavy atom. The zero-order chi connectivity index (χ0) is 17.5. The highest BCUT2D eigenvalue weighted by Crippen LogP contribution is 2.11. The summed E-state index contributed by atoms with van der Waals surface area (Å²) >= 11 is 1.09. The van der Waals surface area contributed by atoms with E-state index in [9.17, 15) is 14.4 Å². The van der Waals surface area contributed by atoms with Gasteiger partial charge < -0.3 is 10.6 Å². The number of rotatable bonds is 7. The maximum atomic E-state index is 12.0. The lowest BCUT2D eigenvalue weighted by Crippen LogP contribution is -2.30. The Labute approximate surface area is 144 Å². The summed E-state index contributed by atoms with van der Waals surface area (Å²) in [6, 6.07) is 7.34. The van der Waals surface area contributed by atoms with Gasteiger partial charge in [0.2, 0.25) is 11.8 Å². The molecular weight excluding hydrogens is 326 g/mol. The molecule has 0 aliphatic carbocycles. The predicted octanol–water partition coefficient (Wildman–Crippen LogP) is 2.27. The van der Waals surface area contributed by atoms with Gasteiger partial charge in [-0.25, -0.2) is 0 Å². The number of hydrogen-bond acceptors (Lipinski definition) is 4. The third kappa shape index (κ3) is 5.06. The minimum absolute atomic E-state index is 0.0150. The van der Waals surface area contributed by atoms with Crippen molar-refractivity contribution < 1.29 is 9.59 Å². The quantitative estimate of drug-likeness (QED) is 0.806. The Balaban J connectivity index is 1.91. The van der Waals surface area contributed by atoms with E-state index < -0.39 is 0 Å². The van der Waals surface area contributed by atoms with Crippen LogP contribution in [-0.2, 0) is 22.7 Å². The van der Waals surface area contributed by atoms with Crippen LogP contribution >= 0.6 is 11.3 Å². The molecule has 0 bridgehead atoms. The van der Waals surface area contributed by atoms with Crippen molar-refractivity contribution in [2.45, 2.75) is 39.8 Å². The second kappa shape index (κ2) is 8.44. The molecule has 2 N–H and O–H groups in total. The number of nitrogens with zero attached hydrogens (tertiary/aromatic N) is 1. The lowest BCUT2D eigenvalue weighted by Gasteiger charge is -2.09. The molecule has 0 unspecified atom stereocenters. The summed E-state index contributed by atoms with van der Waals surface area (Å²) in [6.07, 6.45) is 1.28. The highest BCUT2D eigenvalue weighted by molar-refractivity contribution is 7.07. The third-order valence-electron chi connectivity index (χ3n) is 3.46. The number of benzene rings is 1. The van der Waals surface area contributed by atoms with Crippen LogP contribution in [0.4, 0.5) is 5.69 Å². The van der Waals surface area contributed by atoms with Crippen LogP contribution in [0.25, 0.3) is 0 Å². The van der Waals surface area contributed by atoms with Gasteiger partial charge in [0.25, 0.3) is 0 Å². The van der Waals surface area contributed by atoms with E-state index in [1.807, 2.05) is 31.2 Å².